The Morgan fingerprint density at radius 1 is 1.53 bits per heavy atom. The summed E-state index contributed by atoms with van der Waals surface area (Å²) in [6, 6.07) is 0.635. The van der Waals surface area contributed by atoms with Gasteiger partial charge in [-0.2, -0.15) is 4.37 Å². The molecule has 1 N–H and O–H groups in total. The fraction of sp³-hybridized carbons (Fsp3) is 0.833. The number of hydrogen-bond acceptors (Lipinski definition) is 5. The van der Waals surface area contributed by atoms with Crippen LogP contribution in [0.2, 0.25) is 0 Å². The Bertz CT molecular complexity index is 333. The summed E-state index contributed by atoms with van der Waals surface area (Å²) in [6.45, 7) is 7.54. The minimum atomic E-state index is 0.635. The van der Waals surface area contributed by atoms with Crippen LogP contribution in [-0.2, 0) is 0 Å². The highest BCUT2D eigenvalue weighted by atomic mass is 32.1. The van der Waals surface area contributed by atoms with Gasteiger partial charge in [0.2, 0.25) is 5.13 Å². The van der Waals surface area contributed by atoms with Crippen LogP contribution in [0.25, 0.3) is 0 Å². The van der Waals surface area contributed by atoms with Crippen LogP contribution >= 0.6 is 11.5 Å². The minimum absolute atomic E-state index is 0.635. The maximum Gasteiger partial charge on any atom is 0.205 e. The van der Waals surface area contributed by atoms with Gasteiger partial charge >= 0.3 is 0 Å². The van der Waals surface area contributed by atoms with Crippen molar-refractivity contribution in [3.63, 3.8) is 0 Å². The second-order valence-corrected chi connectivity index (χ2v) is 5.45. The molecule has 1 saturated heterocycles. The molecule has 1 fully saturated rings. The quantitative estimate of drug-likeness (QED) is 0.845. The normalized spacial score (nSPS) is 19.8. The Hall–Kier alpha value is -0.680. The van der Waals surface area contributed by atoms with Crippen LogP contribution in [0.15, 0.2) is 0 Å². The third kappa shape index (κ3) is 3.64. The highest BCUT2D eigenvalue weighted by molar-refractivity contribution is 7.09. The molecule has 5 heteroatoms. The van der Waals surface area contributed by atoms with E-state index in [-0.39, 0.29) is 0 Å². The summed E-state index contributed by atoms with van der Waals surface area (Å²) in [5.74, 6) is 0.894. The van der Waals surface area contributed by atoms with Crippen molar-refractivity contribution < 1.29 is 0 Å². The van der Waals surface area contributed by atoms with Crippen LogP contribution in [0, 0.1) is 6.92 Å². The number of rotatable bonds is 6. The summed E-state index contributed by atoms with van der Waals surface area (Å²) in [6.07, 6.45) is 5.06. The SMILES string of the molecule is CCCCN(CC1CCCN1)c1nc(C)ns1. The third-order valence-electron chi connectivity index (χ3n) is 3.17. The van der Waals surface area contributed by atoms with Gasteiger partial charge in [-0.15, -0.1) is 0 Å². The molecule has 17 heavy (non-hydrogen) atoms. The predicted molar refractivity (Wildman–Crippen MR) is 72.8 cm³/mol. The lowest BCUT2D eigenvalue weighted by atomic mass is 10.2. The number of unbranched alkanes of at least 4 members (excludes halogenated alkanes) is 1. The van der Waals surface area contributed by atoms with Crippen molar-refractivity contribution in [2.75, 3.05) is 24.5 Å². The van der Waals surface area contributed by atoms with E-state index in [2.05, 4.69) is 26.5 Å². The van der Waals surface area contributed by atoms with E-state index in [1.54, 1.807) is 0 Å². The van der Waals surface area contributed by atoms with Gasteiger partial charge in [0.05, 0.1) is 0 Å². The highest BCUT2D eigenvalue weighted by Gasteiger charge is 2.19. The van der Waals surface area contributed by atoms with Gasteiger partial charge in [0.25, 0.3) is 0 Å². The van der Waals surface area contributed by atoms with E-state index in [4.69, 9.17) is 0 Å². The van der Waals surface area contributed by atoms with E-state index in [0.29, 0.717) is 6.04 Å². The van der Waals surface area contributed by atoms with E-state index in [0.717, 1.165) is 24.0 Å². The molecule has 1 aliphatic heterocycles. The molecule has 0 aromatic carbocycles. The van der Waals surface area contributed by atoms with Crippen LogP contribution in [0.4, 0.5) is 5.13 Å². The molecule has 0 spiro atoms. The molecule has 0 radical (unpaired) electrons. The number of nitrogens with zero attached hydrogens (tertiary/aromatic N) is 3. The average molecular weight is 254 g/mol. The zero-order chi connectivity index (χ0) is 12.1. The van der Waals surface area contributed by atoms with E-state index in [1.165, 1.54) is 43.8 Å². The van der Waals surface area contributed by atoms with E-state index >= 15 is 0 Å². The smallest absolute Gasteiger partial charge is 0.205 e. The standard InChI is InChI=1S/C12H22N4S/c1-3-4-8-16(9-11-6-5-7-13-11)12-14-10(2)15-17-12/h11,13H,3-9H2,1-2H3. The van der Waals surface area contributed by atoms with Crippen molar-refractivity contribution in [1.82, 2.24) is 14.7 Å². The first-order chi connectivity index (χ1) is 8.29. The molecule has 1 aromatic rings. The Kier molecular flexibility index (Phi) is 4.74. The number of nitrogens with one attached hydrogen (secondary N) is 1. The molecule has 1 unspecified atom stereocenters. The van der Waals surface area contributed by atoms with Gasteiger partial charge in [-0.1, -0.05) is 13.3 Å². The second kappa shape index (κ2) is 6.31. The van der Waals surface area contributed by atoms with Gasteiger partial charge < -0.3 is 10.2 Å². The fourth-order valence-corrected chi connectivity index (χ4v) is 2.92. The van der Waals surface area contributed by atoms with Crippen LogP contribution in [0.1, 0.15) is 38.4 Å². The number of hydrogen-bond donors (Lipinski definition) is 1. The molecule has 96 valence electrons. The first-order valence-corrected chi connectivity index (χ1v) is 7.35. The molecule has 2 rings (SSSR count). The van der Waals surface area contributed by atoms with Gasteiger partial charge in [-0.05, 0) is 32.7 Å². The molecule has 0 saturated carbocycles. The average Bonchev–Trinajstić information content (AvgIpc) is 2.95. The van der Waals surface area contributed by atoms with Gasteiger partial charge in [-0.3, -0.25) is 0 Å². The van der Waals surface area contributed by atoms with Crippen LogP contribution in [0.3, 0.4) is 0 Å². The Morgan fingerprint density at radius 2 is 2.41 bits per heavy atom. The van der Waals surface area contributed by atoms with E-state index in [1.807, 2.05) is 6.92 Å². The minimum Gasteiger partial charge on any atom is -0.345 e. The van der Waals surface area contributed by atoms with Crippen molar-refractivity contribution in [3.05, 3.63) is 5.82 Å². The predicted octanol–water partition coefficient (Wildman–Crippen LogP) is 2.21. The third-order valence-corrected chi connectivity index (χ3v) is 4.04. The first kappa shape index (κ1) is 12.8. The first-order valence-electron chi connectivity index (χ1n) is 6.58. The number of aryl methyl sites for hydroxylation is 1. The van der Waals surface area contributed by atoms with Crippen molar-refractivity contribution in [2.45, 2.75) is 45.6 Å². The van der Waals surface area contributed by atoms with E-state index in [9.17, 15) is 0 Å². The fourth-order valence-electron chi connectivity index (χ4n) is 2.21. The monoisotopic (exact) mass is 254 g/mol. The Balaban J connectivity index is 1.96. The molecule has 4 nitrogen and oxygen atoms in total. The van der Waals surface area contributed by atoms with Crippen molar-refractivity contribution in [1.29, 1.82) is 0 Å². The van der Waals surface area contributed by atoms with Crippen molar-refractivity contribution in [2.24, 2.45) is 0 Å². The maximum absolute atomic E-state index is 4.51. The lowest BCUT2D eigenvalue weighted by Crippen LogP contribution is -2.38. The molecular formula is C12H22N4S. The highest BCUT2D eigenvalue weighted by Crippen LogP contribution is 2.19. The van der Waals surface area contributed by atoms with Crippen LogP contribution < -0.4 is 10.2 Å². The topological polar surface area (TPSA) is 41.0 Å². The van der Waals surface area contributed by atoms with Crippen LogP contribution in [-0.4, -0.2) is 35.0 Å². The van der Waals surface area contributed by atoms with Crippen LogP contribution in [0.5, 0.6) is 0 Å². The summed E-state index contributed by atoms with van der Waals surface area (Å²) in [5.41, 5.74) is 0. The molecule has 1 atom stereocenters. The summed E-state index contributed by atoms with van der Waals surface area (Å²) in [7, 11) is 0. The maximum atomic E-state index is 4.51. The van der Waals surface area contributed by atoms with Gasteiger partial charge in [-0.25, -0.2) is 4.98 Å². The molecule has 0 aliphatic carbocycles. The lowest BCUT2D eigenvalue weighted by molar-refractivity contribution is 0.571. The molecule has 2 heterocycles. The summed E-state index contributed by atoms with van der Waals surface area (Å²) >= 11 is 1.53. The summed E-state index contributed by atoms with van der Waals surface area (Å²) in [5, 5.41) is 4.64. The lowest BCUT2D eigenvalue weighted by Gasteiger charge is -2.24. The van der Waals surface area contributed by atoms with E-state index < -0.39 is 0 Å². The Labute approximate surface area is 108 Å². The summed E-state index contributed by atoms with van der Waals surface area (Å²) in [4.78, 5) is 6.91. The van der Waals surface area contributed by atoms with Crippen molar-refractivity contribution in [3.8, 4) is 0 Å². The molecule has 0 amide bonds. The van der Waals surface area contributed by atoms with Gasteiger partial charge in [0.15, 0.2) is 0 Å². The summed E-state index contributed by atoms with van der Waals surface area (Å²) < 4.78 is 4.29. The number of aromatic nitrogens is 2. The van der Waals surface area contributed by atoms with Gasteiger partial charge in [0, 0.05) is 30.7 Å². The second-order valence-electron chi connectivity index (χ2n) is 4.72. The molecular weight excluding hydrogens is 232 g/mol. The number of anilines is 1. The molecule has 1 aliphatic rings. The van der Waals surface area contributed by atoms with Crippen molar-refractivity contribution >= 4 is 16.7 Å². The Morgan fingerprint density at radius 3 is 3.00 bits per heavy atom. The zero-order valence-electron chi connectivity index (χ0n) is 10.8. The molecule has 0 bridgehead atoms. The largest absolute Gasteiger partial charge is 0.345 e. The molecule has 1 aromatic heterocycles. The van der Waals surface area contributed by atoms with Gasteiger partial charge in [0.1, 0.15) is 5.82 Å². The zero-order valence-corrected chi connectivity index (χ0v) is 11.6.